The molecule has 18 heavy (non-hydrogen) atoms. The summed E-state index contributed by atoms with van der Waals surface area (Å²) in [5, 5.41) is 3.98. The predicted molar refractivity (Wildman–Crippen MR) is 68.3 cm³/mol. The number of nitrogens with zero attached hydrogens (tertiary/aromatic N) is 3. The molecule has 3 rings (SSSR count). The van der Waals surface area contributed by atoms with E-state index in [0.29, 0.717) is 0 Å². The highest BCUT2D eigenvalue weighted by atomic mass is 16.1. The predicted octanol–water partition coefficient (Wildman–Crippen LogP) is 0.673. The van der Waals surface area contributed by atoms with Crippen molar-refractivity contribution in [3.63, 3.8) is 0 Å². The molecule has 1 aliphatic heterocycles. The summed E-state index contributed by atoms with van der Waals surface area (Å²) in [6.45, 7) is 3.26. The molecule has 1 unspecified atom stereocenters. The normalized spacial score (nSPS) is 19.4. The number of carbonyl (C=O) groups excluding carboxylic acids is 1. The number of rotatable bonds is 2. The molecule has 2 aromatic rings. The number of nitrogens with one attached hydrogen (secondary N) is 2. The third-order valence-corrected chi connectivity index (χ3v) is 3.23. The van der Waals surface area contributed by atoms with Crippen LogP contribution in [0.2, 0.25) is 0 Å². The molecule has 1 aliphatic rings. The standard InChI is InChI=1S/C12H15N5O/c1-8(18)16-9-3-5-17(6-9)12-10-2-4-13-11(10)14-7-15-12/h2,4,7,9H,3,5-6H2,1H3,(H,16,18)(H,13,14,15). The Balaban J connectivity index is 1.84. The molecular weight excluding hydrogens is 230 g/mol. The highest BCUT2D eigenvalue weighted by Crippen LogP contribution is 2.25. The van der Waals surface area contributed by atoms with E-state index in [0.717, 1.165) is 36.4 Å². The van der Waals surface area contributed by atoms with Crippen LogP contribution in [0, 0.1) is 0 Å². The lowest BCUT2D eigenvalue weighted by Gasteiger charge is -2.18. The number of hydrogen-bond acceptors (Lipinski definition) is 4. The van der Waals surface area contributed by atoms with E-state index in [1.807, 2.05) is 12.3 Å². The first-order valence-corrected chi connectivity index (χ1v) is 6.04. The van der Waals surface area contributed by atoms with E-state index in [-0.39, 0.29) is 11.9 Å². The zero-order valence-corrected chi connectivity index (χ0v) is 10.2. The minimum absolute atomic E-state index is 0.0244. The van der Waals surface area contributed by atoms with Crippen molar-refractivity contribution in [3.8, 4) is 0 Å². The van der Waals surface area contributed by atoms with E-state index >= 15 is 0 Å². The number of anilines is 1. The fourth-order valence-corrected chi connectivity index (χ4v) is 2.47. The van der Waals surface area contributed by atoms with Crippen LogP contribution < -0.4 is 10.2 Å². The van der Waals surface area contributed by atoms with Gasteiger partial charge in [0.1, 0.15) is 17.8 Å². The van der Waals surface area contributed by atoms with Gasteiger partial charge >= 0.3 is 0 Å². The second kappa shape index (κ2) is 4.29. The Morgan fingerprint density at radius 1 is 1.56 bits per heavy atom. The Morgan fingerprint density at radius 2 is 2.44 bits per heavy atom. The quantitative estimate of drug-likeness (QED) is 0.815. The number of H-pyrrole nitrogens is 1. The first-order valence-electron chi connectivity index (χ1n) is 6.04. The van der Waals surface area contributed by atoms with Gasteiger partial charge < -0.3 is 15.2 Å². The van der Waals surface area contributed by atoms with Crippen LogP contribution in [0.25, 0.3) is 11.0 Å². The maximum atomic E-state index is 11.1. The Kier molecular flexibility index (Phi) is 2.62. The summed E-state index contributed by atoms with van der Waals surface area (Å²) in [6.07, 6.45) is 4.39. The van der Waals surface area contributed by atoms with Crippen LogP contribution in [0.15, 0.2) is 18.6 Å². The van der Waals surface area contributed by atoms with E-state index < -0.39 is 0 Å². The molecule has 94 valence electrons. The molecule has 0 aromatic carbocycles. The third-order valence-electron chi connectivity index (χ3n) is 3.23. The van der Waals surface area contributed by atoms with Crippen molar-refractivity contribution in [3.05, 3.63) is 18.6 Å². The number of aromatic nitrogens is 3. The van der Waals surface area contributed by atoms with Crippen LogP contribution >= 0.6 is 0 Å². The van der Waals surface area contributed by atoms with Crippen molar-refractivity contribution in [2.45, 2.75) is 19.4 Å². The van der Waals surface area contributed by atoms with Crippen LogP contribution in [0.3, 0.4) is 0 Å². The molecule has 0 aliphatic carbocycles. The van der Waals surface area contributed by atoms with Gasteiger partial charge in [0, 0.05) is 32.3 Å². The number of aromatic amines is 1. The molecule has 2 N–H and O–H groups in total. The average Bonchev–Trinajstić information content (AvgIpc) is 2.95. The summed E-state index contributed by atoms with van der Waals surface area (Å²) in [6, 6.07) is 2.20. The van der Waals surface area contributed by atoms with Gasteiger partial charge in [-0.15, -0.1) is 0 Å². The summed E-state index contributed by atoms with van der Waals surface area (Å²) < 4.78 is 0. The van der Waals surface area contributed by atoms with Gasteiger partial charge in [-0.1, -0.05) is 0 Å². The summed E-state index contributed by atoms with van der Waals surface area (Å²) in [5.74, 6) is 0.963. The maximum Gasteiger partial charge on any atom is 0.217 e. The van der Waals surface area contributed by atoms with E-state index in [1.54, 1.807) is 13.3 Å². The molecule has 1 fully saturated rings. The highest BCUT2D eigenvalue weighted by molar-refractivity contribution is 5.87. The molecule has 0 spiro atoms. The lowest BCUT2D eigenvalue weighted by Crippen LogP contribution is -2.35. The Morgan fingerprint density at radius 3 is 3.28 bits per heavy atom. The van der Waals surface area contributed by atoms with Crippen LogP contribution in [-0.4, -0.2) is 40.0 Å². The SMILES string of the molecule is CC(=O)NC1CCN(c2ncnc3[nH]ccc23)C1. The number of hydrogen-bond donors (Lipinski definition) is 2. The molecule has 6 heteroatoms. The van der Waals surface area contributed by atoms with Crippen LogP contribution in [0.4, 0.5) is 5.82 Å². The Bertz CT molecular complexity index is 579. The Labute approximate surface area is 104 Å². The monoisotopic (exact) mass is 245 g/mol. The zero-order valence-electron chi connectivity index (χ0n) is 10.2. The van der Waals surface area contributed by atoms with Gasteiger partial charge in [0.15, 0.2) is 0 Å². The molecule has 1 saturated heterocycles. The first kappa shape index (κ1) is 11.0. The van der Waals surface area contributed by atoms with E-state index in [9.17, 15) is 4.79 Å². The molecule has 1 amide bonds. The summed E-state index contributed by atoms with van der Waals surface area (Å²) in [5.41, 5.74) is 0.850. The van der Waals surface area contributed by atoms with Crippen LogP contribution in [0.5, 0.6) is 0 Å². The molecule has 0 radical (unpaired) electrons. The molecule has 0 bridgehead atoms. The minimum atomic E-state index is 0.0244. The first-order chi connectivity index (χ1) is 8.74. The highest BCUT2D eigenvalue weighted by Gasteiger charge is 2.25. The summed E-state index contributed by atoms with van der Waals surface area (Å²) >= 11 is 0. The van der Waals surface area contributed by atoms with E-state index in [4.69, 9.17) is 0 Å². The number of amides is 1. The Hall–Kier alpha value is -2.11. The van der Waals surface area contributed by atoms with E-state index in [1.165, 1.54) is 0 Å². The molecular formula is C12H15N5O. The van der Waals surface area contributed by atoms with Gasteiger partial charge in [0.2, 0.25) is 5.91 Å². The topological polar surface area (TPSA) is 73.9 Å². The molecule has 2 aromatic heterocycles. The zero-order chi connectivity index (χ0) is 12.5. The second-order valence-electron chi connectivity index (χ2n) is 4.57. The molecule has 1 atom stereocenters. The van der Waals surface area contributed by atoms with Crippen LogP contribution in [-0.2, 0) is 4.79 Å². The molecule has 6 nitrogen and oxygen atoms in total. The largest absolute Gasteiger partial charge is 0.354 e. The lowest BCUT2D eigenvalue weighted by atomic mass is 10.2. The lowest BCUT2D eigenvalue weighted by molar-refractivity contribution is -0.119. The van der Waals surface area contributed by atoms with Gasteiger partial charge in [-0.2, -0.15) is 0 Å². The van der Waals surface area contributed by atoms with Crippen molar-refractivity contribution >= 4 is 22.8 Å². The van der Waals surface area contributed by atoms with Crippen molar-refractivity contribution in [2.75, 3.05) is 18.0 Å². The summed E-state index contributed by atoms with van der Waals surface area (Å²) in [4.78, 5) is 24.9. The average molecular weight is 245 g/mol. The van der Waals surface area contributed by atoms with Crippen molar-refractivity contribution < 1.29 is 4.79 Å². The van der Waals surface area contributed by atoms with Gasteiger partial charge in [0.25, 0.3) is 0 Å². The minimum Gasteiger partial charge on any atom is -0.354 e. The van der Waals surface area contributed by atoms with Crippen molar-refractivity contribution in [2.24, 2.45) is 0 Å². The van der Waals surface area contributed by atoms with E-state index in [2.05, 4.69) is 25.2 Å². The maximum absolute atomic E-state index is 11.1. The molecule has 0 saturated carbocycles. The number of carbonyl (C=O) groups is 1. The fourth-order valence-electron chi connectivity index (χ4n) is 2.47. The van der Waals surface area contributed by atoms with Crippen molar-refractivity contribution in [1.29, 1.82) is 0 Å². The smallest absolute Gasteiger partial charge is 0.217 e. The second-order valence-corrected chi connectivity index (χ2v) is 4.57. The fraction of sp³-hybridized carbons (Fsp3) is 0.417. The van der Waals surface area contributed by atoms with Gasteiger partial charge in [-0.25, -0.2) is 9.97 Å². The number of fused-ring (bicyclic) bond motifs is 1. The van der Waals surface area contributed by atoms with Gasteiger partial charge in [-0.05, 0) is 12.5 Å². The molecule has 3 heterocycles. The third kappa shape index (κ3) is 1.90. The van der Waals surface area contributed by atoms with Crippen molar-refractivity contribution in [1.82, 2.24) is 20.3 Å². The van der Waals surface area contributed by atoms with Gasteiger partial charge in [0.05, 0.1) is 5.39 Å². The summed E-state index contributed by atoms with van der Waals surface area (Å²) in [7, 11) is 0. The van der Waals surface area contributed by atoms with Gasteiger partial charge in [-0.3, -0.25) is 4.79 Å². The van der Waals surface area contributed by atoms with Crippen LogP contribution in [0.1, 0.15) is 13.3 Å².